The normalized spacial score (nSPS) is 16.9. The number of hydrogen-bond donors (Lipinski definition) is 1. The molecule has 2 atom stereocenters. The fraction of sp³-hybridized carbons (Fsp3) is 0.200. The summed E-state index contributed by atoms with van der Waals surface area (Å²) in [5, 5.41) is 2.92. The lowest BCUT2D eigenvalue weighted by atomic mass is 10.1. The molecule has 3 aromatic carbocycles. The van der Waals surface area contributed by atoms with Gasteiger partial charge in [-0.3, -0.25) is 9.59 Å². The van der Waals surface area contributed by atoms with Gasteiger partial charge in [-0.05, 0) is 48.9 Å². The van der Waals surface area contributed by atoms with E-state index >= 15 is 0 Å². The number of ether oxygens (including phenoxy) is 1. The number of para-hydroxylation sites is 1. The van der Waals surface area contributed by atoms with Gasteiger partial charge in [-0.2, -0.15) is 0 Å². The highest BCUT2D eigenvalue weighted by Crippen LogP contribution is 2.29. The molecule has 1 saturated heterocycles. The molecule has 2 amide bonds. The van der Waals surface area contributed by atoms with Crippen molar-refractivity contribution in [3.05, 3.63) is 90.5 Å². The maximum Gasteiger partial charge on any atom is 0.229 e. The van der Waals surface area contributed by atoms with Crippen molar-refractivity contribution in [3.8, 4) is 11.5 Å². The van der Waals surface area contributed by atoms with Gasteiger partial charge in [-0.15, -0.1) is 0 Å². The zero-order valence-corrected chi connectivity index (χ0v) is 16.8. The lowest BCUT2D eigenvalue weighted by Gasteiger charge is -2.25. The van der Waals surface area contributed by atoms with Gasteiger partial charge in [0, 0.05) is 18.7 Å². The van der Waals surface area contributed by atoms with Crippen molar-refractivity contribution in [2.75, 3.05) is 11.9 Å². The molecule has 0 bridgehead atoms. The van der Waals surface area contributed by atoms with Crippen molar-refractivity contribution < 1.29 is 14.3 Å². The van der Waals surface area contributed by atoms with Crippen LogP contribution < -0.4 is 10.1 Å². The van der Waals surface area contributed by atoms with Crippen molar-refractivity contribution in [1.82, 2.24) is 4.90 Å². The van der Waals surface area contributed by atoms with E-state index in [0.29, 0.717) is 18.0 Å². The van der Waals surface area contributed by atoms with Crippen LogP contribution in [0.25, 0.3) is 0 Å². The van der Waals surface area contributed by atoms with Crippen LogP contribution in [0, 0.1) is 5.92 Å². The summed E-state index contributed by atoms with van der Waals surface area (Å²) in [4.78, 5) is 27.0. The Kier molecular flexibility index (Phi) is 5.80. The monoisotopic (exact) mass is 400 g/mol. The van der Waals surface area contributed by atoms with Gasteiger partial charge in [0.15, 0.2) is 0 Å². The summed E-state index contributed by atoms with van der Waals surface area (Å²) < 4.78 is 5.77. The third-order valence-corrected chi connectivity index (χ3v) is 5.38. The third kappa shape index (κ3) is 4.51. The van der Waals surface area contributed by atoms with E-state index in [-0.39, 0.29) is 30.2 Å². The summed E-state index contributed by atoms with van der Waals surface area (Å²) in [5.74, 6) is 0.967. The molecule has 0 saturated carbocycles. The summed E-state index contributed by atoms with van der Waals surface area (Å²) >= 11 is 0. The Hall–Kier alpha value is -3.60. The second-order valence-corrected chi connectivity index (χ2v) is 7.46. The van der Waals surface area contributed by atoms with Crippen molar-refractivity contribution in [1.29, 1.82) is 0 Å². The Morgan fingerprint density at radius 3 is 2.20 bits per heavy atom. The number of nitrogens with one attached hydrogen (secondary N) is 1. The minimum Gasteiger partial charge on any atom is -0.457 e. The lowest BCUT2D eigenvalue weighted by molar-refractivity contribution is -0.129. The molecule has 5 nitrogen and oxygen atoms in total. The highest BCUT2D eigenvalue weighted by atomic mass is 16.5. The smallest absolute Gasteiger partial charge is 0.229 e. The second kappa shape index (κ2) is 8.82. The van der Waals surface area contributed by atoms with Crippen molar-refractivity contribution in [2.24, 2.45) is 5.92 Å². The standard InChI is InChI=1S/C25H24N2O3/c1-18(19-8-4-2-5-9-19)27-17-20(16-24(27)28)25(29)26-21-12-14-23(15-13-21)30-22-10-6-3-7-11-22/h2-15,18,20H,16-17H2,1H3,(H,26,29). The minimum atomic E-state index is -0.357. The molecule has 0 radical (unpaired) electrons. The minimum absolute atomic E-state index is 0.0121. The Balaban J connectivity index is 1.35. The predicted octanol–water partition coefficient (Wildman–Crippen LogP) is 5.03. The molecule has 30 heavy (non-hydrogen) atoms. The third-order valence-electron chi connectivity index (χ3n) is 5.38. The lowest BCUT2D eigenvalue weighted by Crippen LogP contribution is -2.30. The Bertz CT molecular complexity index is 1000. The van der Waals surface area contributed by atoms with Gasteiger partial charge in [0.25, 0.3) is 0 Å². The maximum absolute atomic E-state index is 12.7. The van der Waals surface area contributed by atoms with Crippen LogP contribution in [0.4, 0.5) is 5.69 Å². The predicted molar refractivity (Wildman–Crippen MR) is 116 cm³/mol. The number of amides is 2. The van der Waals surface area contributed by atoms with E-state index in [4.69, 9.17) is 4.74 Å². The van der Waals surface area contributed by atoms with E-state index in [2.05, 4.69) is 5.32 Å². The molecule has 0 aliphatic carbocycles. The molecule has 1 heterocycles. The summed E-state index contributed by atoms with van der Waals surface area (Å²) in [6.45, 7) is 2.43. The molecule has 2 unspecified atom stereocenters. The number of rotatable bonds is 6. The number of benzene rings is 3. The fourth-order valence-electron chi connectivity index (χ4n) is 3.67. The van der Waals surface area contributed by atoms with E-state index in [0.717, 1.165) is 11.3 Å². The van der Waals surface area contributed by atoms with Gasteiger partial charge in [0.2, 0.25) is 11.8 Å². The number of nitrogens with zero attached hydrogens (tertiary/aromatic N) is 1. The molecule has 0 aromatic heterocycles. The van der Waals surface area contributed by atoms with E-state index in [1.54, 1.807) is 17.0 Å². The van der Waals surface area contributed by atoms with Crippen LogP contribution in [-0.2, 0) is 9.59 Å². The van der Waals surface area contributed by atoms with E-state index in [9.17, 15) is 9.59 Å². The molecule has 1 aliphatic rings. The van der Waals surface area contributed by atoms with Gasteiger partial charge >= 0.3 is 0 Å². The zero-order chi connectivity index (χ0) is 20.9. The fourth-order valence-corrected chi connectivity index (χ4v) is 3.67. The van der Waals surface area contributed by atoms with Crippen molar-refractivity contribution in [2.45, 2.75) is 19.4 Å². The van der Waals surface area contributed by atoms with Gasteiger partial charge in [0.1, 0.15) is 11.5 Å². The van der Waals surface area contributed by atoms with Gasteiger partial charge in [-0.1, -0.05) is 48.5 Å². The maximum atomic E-state index is 12.7. The SMILES string of the molecule is CC(c1ccccc1)N1CC(C(=O)Nc2ccc(Oc3ccccc3)cc2)CC1=O. The molecule has 1 N–H and O–H groups in total. The average Bonchev–Trinajstić information content (AvgIpc) is 3.18. The number of anilines is 1. The summed E-state index contributed by atoms with van der Waals surface area (Å²) in [6.07, 6.45) is 0.234. The first-order valence-corrected chi connectivity index (χ1v) is 10.1. The highest BCUT2D eigenvalue weighted by molar-refractivity contribution is 5.97. The topological polar surface area (TPSA) is 58.6 Å². The molecule has 152 valence electrons. The van der Waals surface area contributed by atoms with Crippen molar-refractivity contribution in [3.63, 3.8) is 0 Å². The summed E-state index contributed by atoms with van der Waals surface area (Å²) in [5.41, 5.74) is 1.75. The largest absolute Gasteiger partial charge is 0.457 e. The molecular weight excluding hydrogens is 376 g/mol. The Labute approximate surface area is 176 Å². The van der Waals surface area contributed by atoms with E-state index in [1.807, 2.05) is 79.7 Å². The molecule has 3 aromatic rings. The van der Waals surface area contributed by atoms with Crippen LogP contribution in [0.15, 0.2) is 84.9 Å². The van der Waals surface area contributed by atoms with E-state index in [1.165, 1.54) is 0 Å². The Morgan fingerprint density at radius 1 is 0.933 bits per heavy atom. The van der Waals surface area contributed by atoms with Crippen LogP contribution in [0.3, 0.4) is 0 Å². The number of hydrogen-bond acceptors (Lipinski definition) is 3. The first kappa shape index (κ1) is 19.7. The van der Waals surface area contributed by atoms with Gasteiger partial charge in [-0.25, -0.2) is 0 Å². The van der Waals surface area contributed by atoms with Gasteiger partial charge in [0.05, 0.1) is 12.0 Å². The van der Waals surface area contributed by atoms with Crippen LogP contribution in [0.1, 0.15) is 24.9 Å². The Morgan fingerprint density at radius 2 is 1.53 bits per heavy atom. The number of carbonyl (C=O) groups excluding carboxylic acids is 2. The highest BCUT2D eigenvalue weighted by Gasteiger charge is 2.37. The first-order valence-electron chi connectivity index (χ1n) is 10.1. The molecule has 4 rings (SSSR count). The van der Waals surface area contributed by atoms with Gasteiger partial charge < -0.3 is 15.0 Å². The quantitative estimate of drug-likeness (QED) is 0.632. The molecule has 1 fully saturated rings. The number of likely N-dealkylation sites (tertiary alicyclic amines) is 1. The second-order valence-electron chi connectivity index (χ2n) is 7.46. The molecule has 5 heteroatoms. The summed E-state index contributed by atoms with van der Waals surface area (Å²) in [7, 11) is 0. The first-order chi connectivity index (χ1) is 14.6. The summed E-state index contributed by atoms with van der Waals surface area (Å²) in [6, 6.07) is 26.6. The molecule has 0 spiro atoms. The number of carbonyl (C=O) groups is 2. The van der Waals surface area contributed by atoms with Crippen molar-refractivity contribution >= 4 is 17.5 Å². The van der Waals surface area contributed by atoms with Crippen LogP contribution in [0.2, 0.25) is 0 Å². The molecular formula is C25H24N2O3. The zero-order valence-electron chi connectivity index (χ0n) is 16.8. The average molecular weight is 400 g/mol. The van der Waals surface area contributed by atoms with E-state index < -0.39 is 0 Å². The molecule has 1 aliphatic heterocycles. The van der Waals surface area contributed by atoms with Crippen LogP contribution in [-0.4, -0.2) is 23.3 Å². The van der Waals surface area contributed by atoms with Crippen LogP contribution >= 0.6 is 0 Å². The van der Waals surface area contributed by atoms with Crippen LogP contribution in [0.5, 0.6) is 11.5 Å².